The van der Waals surface area contributed by atoms with Crippen LogP contribution in [0.3, 0.4) is 0 Å². The van der Waals surface area contributed by atoms with Gasteiger partial charge in [-0.1, -0.05) is 6.07 Å². The first-order valence-corrected chi connectivity index (χ1v) is 8.76. The van der Waals surface area contributed by atoms with Crippen LogP contribution in [0.4, 0.5) is 0 Å². The van der Waals surface area contributed by atoms with E-state index in [0.717, 1.165) is 36.0 Å². The fraction of sp³-hybridized carbons (Fsp3) is 0.421. The van der Waals surface area contributed by atoms with E-state index < -0.39 is 0 Å². The largest absolute Gasteiger partial charge is 0.489 e. The van der Waals surface area contributed by atoms with Crippen molar-refractivity contribution in [2.75, 3.05) is 26.2 Å². The van der Waals surface area contributed by atoms with Crippen molar-refractivity contribution in [2.45, 2.75) is 25.4 Å². The van der Waals surface area contributed by atoms with E-state index in [-0.39, 0.29) is 17.9 Å². The average molecular weight is 339 g/mol. The second-order valence-corrected chi connectivity index (χ2v) is 6.66. The summed E-state index contributed by atoms with van der Waals surface area (Å²) in [6.45, 7) is 2.39. The maximum absolute atomic E-state index is 12.2. The number of nitrogens with zero attached hydrogens (tertiary/aromatic N) is 3. The number of rotatable bonds is 4. The molecular formula is C19H21N3O3. The number of benzene rings is 1. The fourth-order valence-corrected chi connectivity index (χ4v) is 3.54. The number of carbonyl (C=O) groups is 2. The molecule has 1 aromatic heterocycles. The lowest BCUT2D eigenvalue weighted by molar-refractivity contribution is -0.142. The molecule has 6 heteroatoms. The topological polar surface area (TPSA) is 62.7 Å². The minimum atomic E-state index is -0.0834. The van der Waals surface area contributed by atoms with Crippen molar-refractivity contribution in [1.82, 2.24) is 14.8 Å². The third-order valence-corrected chi connectivity index (χ3v) is 4.84. The van der Waals surface area contributed by atoms with Crippen LogP contribution >= 0.6 is 0 Å². The van der Waals surface area contributed by atoms with Crippen LogP contribution in [0, 0.1) is 0 Å². The minimum Gasteiger partial charge on any atom is -0.489 e. The van der Waals surface area contributed by atoms with Crippen molar-refractivity contribution in [3.63, 3.8) is 0 Å². The Bertz CT molecular complexity index is 807. The van der Waals surface area contributed by atoms with Gasteiger partial charge in [-0.2, -0.15) is 0 Å². The summed E-state index contributed by atoms with van der Waals surface area (Å²) in [6.07, 6.45) is 4.00. The van der Waals surface area contributed by atoms with Gasteiger partial charge in [0.25, 0.3) is 0 Å². The molecule has 2 fully saturated rings. The highest BCUT2D eigenvalue weighted by atomic mass is 16.5. The number of imide groups is 1. The summed E-state index contributed by atoms with van der Waals surface area (Å²) < 4.78 is 6.08. The van der Waals surface area contributed by atoms with Gasteiger partial charge < -0.3 is 4.74 Å². The van der Waals surface area contributed by atoms with Gasteiger partial charge in [0.1, 0.15) is 11.9 Å². The molecule has 2 aromatic rings. The molecule has 0 N–H and O–H groups in total. The fourth-order valence-electron chi connectivity index (χ4n) is 3.54. The normalized spacial score (nSPS) is 21.2. The van der Waals surface area contributed by atoms with Crippen LogP contribution in [-0.2, 0) is 9.59 Å². The molecule has 25 heavy (non-hydrogen) atoms. The molecule has 0 aliphatic carbocycles. The number of likely N-dealkylation sites (tertiary alicyclic amines) is 2. The van der Waals surface area contributed by atoms with Crippen LogP contribution in [-0.4, -0.2) is 58.9 Å². The van der Waals surface area contributed by atoms with Gasteiger partial charge in [0, 0.05) is 37.6 Å². The summed E-state index contributed by atoms with van der Waals surface area (Å²) in [7, 11) is 0. The number of fused-ring (bicyclic) bond motifs is 1. The predicted octanol–water partition coefficient (Wildman–Crippen LogP) is 1.84. The predicted molar refractivity (Wildman–Crippen MR) is 93.2 cm³/mol. The molecule has 6 nitrogen and oxygen atoms in total. The summed E-state index contributed by atoms with van der Waals surface area (Å²) in [5, 5.41) is 1.05. The van der Waals surface area contributed by atoms with E-state index in [1.165, 1.54) is 4.90 Å². The number of pyridine rings is 1. The van der Waals surface area contributed by atoms with Gasteiger partial charge in [0.2, 0.25) is 11.8 Å². The monoisotopic (exact) mass is 339 g/mol. The molecule has 2 amide bonds. The lowest BCUT2D eigenvalue weighted by Gasteiger charge is -2.20. The highest BCUT2D eigenvalue weighted by Crippen LogP contribution is 2.23. The quantitative estimate of drug-likeness (QED) is 0.850. The van der Waals surface area contributed by atoms with E-state index in [2.05, 4.69) is 9.88 Å². The molecule has 0 spiro atoms. The molecule has 2 saturated heterocycles. The Morgan fingerprint density at radius 1 is 1.28 bits per heavy atom. The van der Waals surface area contributed by atoms with Gasteiger partial charge >= 0.3 is 0 Å². The first-order chi connectivity index (χ1) is 12.2. The molecule has 130 valence electrons. The molecule has 2 aliphatic rings. The number of carbonyl (C=O) groups excluding carboxylic acids is 2. The zero-order valence-corrected chi connectivity index (χ0v) is 14.1. The van der Waals surface area contributed by atoms with Gasteiger partial charge in [-0.05, 0) is 37.1 Å². The van der Waals surface area contributed by atoms with Crippen molar-refractivity contribution in [3.05, 3.63) is 36.5 Å². The van der Waals surface area contributed by atoms with Gasteiger partial charge in [0.15, 0.2) is 0 Å². The number of amides is 2. The summed E-state index contributed by atoms with van der Waals surface area (Å²) in [5.74, 6) is 0.704. The van der Waals surface area contributed by atoms with Gasteiger partial charge in [-0.25, -0.2) is 0 Å². The number of hydrogen-bond donors (Lipinski definition) is 0. The summed E-state index contributed by atoms with van der Waals surface area (Å²) in [6, 6.07) is 9.82. The Balaban J connectivity index is 1.34. The van der Waals surface area contributed by atoms with Crippen molar-refractivity contribution in [2.24, 2.45) is 0 Å². The Labute approximate surface area is 146 Å². The molecule has 4 rings (SSSR count). The molecule has 1 aromatic carbocycles. The lowest BCUT2D eigenvalue weighted by atomic mass is 10.2. The van der Waals surface area contributed by atoms with E-state index in [1.54, 1.807) is 6.20 Å². The highest BCUT2D eigenvalue weighted by Gasteiger charge is 2.30. The minimum absolute atomic E-state index is 0.0400. The SMILES string of the molecule is O=C1CCCN1C(=O)CN1CCC(Oc2ccc3ncccc3c2)C1. The Hall–Kier alpha value is -2.47. The van der Waals surface area contributed by atoms with Crippen LogP contribution in [0.2, 0.25) is 0 Å². The van der Waals surface area contributed by atoms with E-state index in [1.807, 2.05) is 30.3 Å². The number of ether oxygens (including phenoxy) is 1. The summed E-state index contributed by atoms with van der Waals surface area (Å²) >= 11 is 0. The maximum Gasteiger partial charge on any atom is 0.243 e. The molecule has 0 radical (unpaired) electrons. The van der Waals surface area contributed by atoms with Crippen molar-refractivity contribution in [3.8, 4) is 5.75 Å². The van der Waals surface area contributed by atoms with E-state index in [9.17, 15) is 9.59 Å². The standard InChI is InChI=1S/C19H21N3O3/c23-18-4-2-9-22(18)19(24)13-21-10-7-16(12-21)25-15-5-6-17-14(11-15)3-1-8-20-17/h1,3,5-6,8,11,16H,2,4,7,9-10,12-13H2. The third-order valence-electron chi connectivity index (χ3n) is 4.84. The number of hydrogen-bond acceptors (Lipinski definition) is 5. The maximum atomic E-state index is 12.2. The molecule has 0 saturated carbocycles. The lowest BCUT2D eigenvalue weighted by Crippen LogP contribution is -2.40. The second-order valence-electron chi connectivity index (χ2n) is 6.66. The Kier molecular flexibility index (Phi) is 4.36. The molecule has 3 heterocycles. The molecule has 1 unspecified atom stereocenters. The summed E-state index contributed by atoms with van der Waals surface area (Å²) in [5.41, 5.74) is 0.948. The van der Waals surface area contributed by atoms with Crippen LogP contribution in [0.25, 0.3) is 10.9 Å². The molecule has 2 aliphatic heterocycles. The van der Waals surface area contributed by atoms with Crippen molar-refractivity contribution in [1.29, 1.82) is 0 Å². The van der Waals surface area contributed by atoms with Crippen LogP contribution in [0.1, 0.15) is 19.3 Å². The van der Waals surface area contributed by atoms with Crippen molar-refractivity contribution < 1.29 is 14.3 Å². The smallest absolute Gasteiger partial charge is 0.243 e. The van der Waals surface area contributed by atoms with Gasteiger partial charge in [-0.3, -0.25) is 24.4 Å². The zero-order valence-electron chi connectivity index (χ0n) is 14.1. The van der Waals surface area contributed by atoms with E-state index in [0.29, 0.717) is 26.1 Å². The third kappa shape index (κ3) is 3.49. The Morgan fingerprint density at radius 2 is 2.20 bits per heavy atom. The van der Waals surface area contributed by atoms with Gasteiger partial charge in [0.05, 0.1) is 12.1 Å². The van der Waals surface area contributed by atoms with Gasteiger partial charge in [-0.15, -0.1) is 0 Å². The van der Waals surface area contributed by atoms with Crippen LogP contribution < -0.4 is 4.74 Å². The van der Waals surface area contributed by atoms with Crippen molar-refractivity contribution >= 4 is 22.7 Å². The zero-order chi connectivity index (χ0) is 17.2. The van der Waals surface area contributed by atoms with Crippen LogP contribution in [0.15, 0.2) is 36.5 Å². The first kappa shape index (κ1) is 16.0. The molecule has 0 bridgehead atoms. The molecular weight excluding hydrogens is 318 g/mol. The second kappa shape index (κ2) is 6.80. The Morgan fingerprint density at radius 3 is 3.04 bits per heavy atom. The molecule has 1 atom stereocenters. The first-order valence-electron chi connectivity index (χ1n) is 8.76. The van der Waals surface area contributed by atoms with Crippen LogP contribution in [0.5, 0.6) is 5.75 Å². The summed E-state index contributed by atoms with van der Waals surface area (Å²) in [4.78, 5) is 31.7. The van der Waals surface area contributed by atoms with E-state index >= 15 is 0 Å². The number of aromatic nitrogens is 1. The average Bonchev–Trinajstić information content (AvgIpc) is 3.23. The van der Waals surface area contributed by atoms with E-state index in [4.69, 9.17) is 4.74 Å². The highest BCUT2D eigenvalue weighted by molar-refractivity contribution is 5.97.